The molecule has 0 fully saturated rings. The van der Waals surface area contributed by atoms with E-state index in [0.29, 0.717) is 0 Å². The van der Waals surface area contributed by atoms with Gasteiger partial charge in [-0.2, -0.15) is 0 Å². The SMILES string of the molecule is [O]=[Ti]=[O].[O]=[Ti][O][Ti]=[O]. The molecular formula is O5Ti3. The van der Waals surface area contributed by atoms with E-state index in [1.165, 1.54) is 0 Å². The molecule has 5 nitrogen and oxygen atoms in total. The van der Waals surface area contributed by atoms with Crippen LogP contribution >= 0.6 is 0 Å². The summed E-state index contributed by atoms with van der Waals surface area (Å²) in [6.07, 6.45) is 0. The van der Waals surface area contributed by atoms with E-state index in [0.717, 1.165) is 0 Å². The van der Waals surface area contributed by atoms with Crippen molar-refractivity contribution in [3.63, 3.8) is 0 Å². The quantitative estimate of drug-likeness (QED) is 0.587. The van der Waals surface area contributed by atoms with Crippen LogP contribution < -0.4 is 0 Å². The van der Waals surface area contributed by atoms with Gasteiger partial charge in [0.25, 0.3) is 0 Å². The maximum absolute atomic E-state index is 9.26. The van der Waals surface area contributed by atoms with Crippen molar-refractivity contribution in [2.75, 3.05) is 0 Å². The molecule has 8 heteroatoms. The van der Waals surface area contributed by atoms with Crippen LogP contribution in [-0.2, 0) is 73.3 Å². The summed E-state index contributed by atoms with van der Waals surface area (Å²) in [5.41, 5.74) is 0. The van der Waals surface area contributed by atoms with Crippen LogP contribution in [0.3, 0.4) is 0 Å². The zero-order valence-electron chi connectivity index (χ0n) is 3.54. The van der Waals surface area contributed by atoms with Crippen LogP contribution in [0.1, 0.15) is 0 Å². The first-order valence-electron chi connectivity index (χ1n) is 1.22. The molecule has 0 aliphatic rings. The normalized spacial score (nSPS) is 4.00. The van der Waals surface area contributed by atoms with Gasteiger partial charge in [-0.15, -0.1) is 0 Å². The Morgan fingerprint density at radius 3 is 1.12 bits per heavy atom. The van der Waals surface area contributed by atoms with Crippen LogP contribution in [-0.4, -0.2) is 0 Å². The van der Waals surface area contributed by atoms with E-state index in [4.69, 9.17) is 6.65 Å². The standard InChI is InChI=1S/5O.3Ti. The fraction of sp³-hybridized carbons (Fsp3) is 0. The molecule has 0 atom stereocenters. The molecule has 0 radical (unpaired) electrons. The minimum atomic E-state index is -2.00. The Morgan fingerprint density at radius 1 is 0.875 bits per heavy atom. The molecule has 0 aromatic carbocycles. The third-order valence-corrected chi connectivity index (χ3v) is 1.42. The van der Waals surface area contributed by atoms with Crippen molar-refractivity contribution in [3.05, 3.63) is 0 Å². The molecular weight excluding hydrogens is 224 g/mol. The van der Waals surface area contributed by atoms with Gasteiger partial charge in [0.1, 0.15) is 0 Å². The van der Waals surface area contributed by atoms with Crippen LogP contribution in [0.5, 0.6) is 0 Å². The van der Waals surface area contributed by atoms with E-state index in [2.05, 4.69) is 1.90 Å². The average Bonchev–Trinajstić information content (AvgIpc) is 1.71. The summed E-state index contributed by atoms with van der Waals surface area (Å²) in [6, 6.07) is 0. The zero-order valence-corrected chi connectivity index (χ0v) is 8.23. The van der Waals surface area contributed by atoms with E-state index in [9.17, 15) is 6.65 Å². The van der Waals surface area contributed by atoms with Gasteiger partial charge in [0, 0.05) is 0 Å². The summed E-state index contributed by atoms with van der Waals surface area (Å²) in [7, 11) is 0. The Balaban J connectivity index is 0. The molecule has 0 rings (SSSR count). The summed E-state index contributed by atoms with van der Waals surface area (Å²) in [5.74, 6) is 0. The van der Waals surface area contributed by atoms with Gasteiger partial charge in [0.05, 0.1) is 0 Å². The molecule has 0 bridgehead atoms. The zero-order chi connectivity index (χ0) is 6.83. The second-order valence-electron chi connectivity index (χ2n) is 0.352. The monoisotopic (exact) mass is 224 g/mol. The van der Waals surface area contributed by atoms with E-state index in [1.807, 2.05) is 0 Å². The first-order chi connectivity index (χ1) is 3.83. The van der Waals surface area contributed by atoms with Crippen molar-refractivity contribution in [3.8, 4) is 0 Å². The second-order valence-corrected chi connectivity index (χ2v) is 2.77. The van der Waals surface area contributed by atoms with Crippen molar-refractivity contribution >= 4 is 0 Å². The van der Waals surface area contributed by atoms with Crippen LogP contribution in [0.4, 0.5) is 0 Å². The summed E-state index contributed by atoms with van der Waals surface area (Å²) in [6.45, 7) is 0. The predicted molar refractivity (Wildman–Crippen MR) is 3.83 cm³/mol. The molecule has 0 amide bonds. The molecule has 0 saturated heterocycles. The Morgan fingerprint density at radius 2 is 1.12 bits per heavy atom. The fourth-order valence-electron chi connectivity index (χ4n) is 0.0170. The molecule has 0 unspecified atom stereocenters. The van der Waals surface area contributed by atoms with Crippen molar-refractivity contribution in [2.24, 2.45) is 0 Å². The van der Waals surface area contributed by atoms with Crippen molar-refractivity contribution in [1.82, 2.24) is 0 Å². The average molecular weight is 224 g/mol. The Labute approximate surface area is 72.6 Å². The second kappa shape index (κ2) is 15.7. The van der Waals surface area contributed by atoms with Gasteiger partial charge in [-0.25, -0.2) is 0 Å². The summed E-state index contributed by atoms with van der Waals surface area (Å²) in [4.78, 5) is 0. The number of hydrogen-bond acceptors (Lipinski definition) is 5. The fourth-order valence-corrected chi connectivity index (χ4v) is 0.289. The van der Waals surface area contributed by atoms with Crippen LogP contribution in [0, 0.1) is 0 Å². The summed E-state index contributed by atoms with van der Waals surface area (Å²) < 4.78 is 39.5. The minimum absolute atomic E-state index is 1.50. The first-order valence-corrected chi connectivity index (χ1v) is 5.05. The summed E-state index contributed by atoms with van der Waals surface area (Å²) in [5, 5.41) is 0. The van der Waals surface area contributed by atoms with Crippen molar-refractivity contribution in [2.45, 2.75) is 0 Å². The molecule has 0 spiro atoms. The molecule has 0 aliphatic carbocycles. The molecule has 0 aromatic heterocycles. The molecule has 0 heterocycles. The van der Waals surface area contributed by atoms with E-state index >= 15 is 0 Å². The maximum atomic E-state index is 9.26. The predicted octanol–water partition coefficient (Wildman–Crippen LogP) is -0.551. The first kappa shape index (κ1) is 12.0. The summed E-state index contributed by atoms with van der Waals surface area (Å²) >= 11 is -5.00. The molecule has 0 aliphatic heterocycles. The third kappa shape index (κ3) is 26.6. The number of hydrogen-bond donors (Lipinski definition) is 0. The molecule has 0 saturated carbocycles. The van der Waals surface area contributed by atoms with Gasteiger partial charge in [-0.3, -0.25) is 0 Å². The van der Waals surface area contributed by atoms with Gasteiger partial charge >= 0.3 is 73.3 Å². The van der Waals surface area contributed by atoms with Crippen molar-refractivity contribution in [1.29, 1.82) is 0 Å². The molecule has 0 N–H and O–H groups in total. The third-order valence-electron chi connectivity index (χ3n) is 0.0833. The number of rotatable bonds is 2. The van der Waals surface area contributed by atoms with E-state index < -0.39 is 58.1 Å². The van der Waals surface area contributed by atoms with Gasteiger partial charge < -0.3 is 0 Å². The van der Waals surface area contributed by atoms with E-state index in [-0.39, 0.29) is 0 Å². The molecule has 8 heavy (non-hydrogen) atoms. The van der Waals surface area contributed by atoms with Crippen LogP contribution in [0.25, 0.3) is 0 Å². The van der Waals surface area contributed by atoms with Crippen LogP contribution in [0.15, 0.2) is 0 Å². The Bertz CT molecular complexity index is 83.8. The topological polar surface area (TPSA) is 77.5 Å². The molecule has 42 valence electrons. The molecule has 0 aromatic rings. The van der Waals surface area contributed by atoms with Gasteiger partial charge in [-0.05, 0) is 0 Å². The Hall–Kier alpha value is 1.30. The van der Waals surface area contributed by atoms with Gasteiger partial charge in [0.15, 0.2) is 0 Å². The Kier molecular flexibility index (Phi) is 23.7. The van der Waals surface area contributed by atoms with Crippen LogP contribution in [0.2, 0.25) is 0 Å². The van der Waals surface area contributed by atoms with Crippen molar-refractivity contribution < 1.29 is 73.3 Å². The van der Waals surface area contributed by atoms with Gasteiger partial charge in [-0.1, -0.05) is 0 Å². The van der Waals surface area contributed by atoms with Gasteiger partial charge in [0.2, 0.25) is 0 Å². The van der Waals surface area contributed by atoms with E-state index in [1.54, 1.807) is 0 Å².